The molecule has 114 valence electrons. The molecule has 1 unspecified atom stereocenters. The summed E-state index contributed by atoms with van der Waals surface area (Å²) < 4.78 is 27.0. The predicted molar refractivity (Wildman–Crippen MR) is 89.6 cm³/mol. The highest BCUT2D eigenvalue weighted by molar-refractivity contribution is 9.11. The minimum atomic E-state index is -3.66. The Bertz CT molecular complexity index is 644. The molecule has 2 rings (SSSR count). The summed E-state index contributed by atoms with van der Waals surface area (Å²) in [5.41, 5.74) is 0. The highest BCUT2D eigenvalue weighted by Gasteiger charge is 2.36. The summed E-state index contributed by atoms with van der Waals surface area (Å²) in [7, 11) is -3.66. The summed E-state index contributed by atoms with van der Waals surface area (Å²) in [6.07, 6.45) is 5.94. The zero-order chi connectivity index (χ0) is 15.5. The lowest BCUT2D eigenvalue weighted by molar-refractivity contribution is 0.459. The van der Waals surface area contributed by atoms with E-state index >= 15 is 0 Å². The number of nitriles is 1. The molecule has 0 amide bonds. The molecule has 1 atom stereocenters. The third kappa shape index (κ3) is 3.88. The van der Waals surface area contributed by atoms with Crippen LogP contribution in [0.15, 0.2) is 32.0 Å². The van der Waals surface area contributed by atoms with Gasteiger partial charge in [0.2, 0.25) is 0 Å². The summed E-state index contributed by atoms with van der Waals surface area (Å²) in [6, 6.07) is 7.10. The molecule has 0 saturated heterocycles. The second kappa shape index (κ2) is 7.26. The molecule has 0 aliphatic heterocycles. The molecule has 0 bridgehead atoms. The van der Waals surface area contributed by atoms with Crippen molar-refractivity contribution in [1.29, 1.82) is 5.26 Å². The van der Waals surface area contributed by atoms with Gasteiger partial charge in [0.05, 0.1) is 11.0 Å². The van der Waals surface area contributed by atoms with E-state index in [1.54, 1.807) is 18.2 Å². The average molecular weight is 435 g/mol. The van der Waals surface area contributed by atoms with E-state index < -0.39 is 15.1 Å². The normalized spacial score (nSPS) is 18.7. The molecule has 6 heteroatoms. The SMILES string of the molecule is N#CC(C1CCCCCC1)S(=O)(=O)c1cc(Br)ccc1Br. The van der Waals surface area contributed by atoms with E-state index in [1.807, 2.05) is 0 Å². The maximum absolute atomic E-state index is 12.9. The molecule has 1 fully saturated rings. The largest absolute Gasteiger partial charge is 0.222 e. The molecule has 1 aromatic rings. The van der Waals surface area contributed by atoms with Crippen molar-refractivity contribution < 1.29 is 8.42 Å². The number of hydrogen-bond acceptors (Lipinski definition) is 3. The molecule has 21 heavy (non-hydrogen) atoms. The fourth-order valence-electron chi connectivity index (χ4n) is 2.87. The summed E-state index contributed by atoms with van der Waals surface area (Å²) in [5, 5.41) is 8.51. The summed E-state index contributed by atoms with van der Waals surface area (Å²) in [6.45, 7) is 0. The van der Waals surface area contributed by atoms with Crippen LogP contribution in [0.3, 0.4) is 0 Å². The number of nitrogens with zero attached hydrogens (tertiary/aromatic N) is 1. The van der Waals surface area contributed by atoms with Gasteiger partial charge in [0, 0.05) is 8.95 Å². The molecule has 1 aliphatic carbocycles. The van der Waals surface area contributed by atoms with Crippen LogP contribution in [0.1, 0.15) is 38.5 Å². The molecule has 0 N–H and O–H groups in total. The minimum Gasteiger partial charge on any atom is -0.222 e. The summed E-state index contributed by atoms with van der Waals surface area (Å²) >= 11 is 6.59. The zero-order valence-electron chi connectivity index (χ0n) is 11.6. The maximum Gasteiger partial charge on any atom is 0.196 e. The van der Waals surface area contributed by atoms with Crippen LogP contribution in [0, 0.1) is 17.2 Å². The summed E-state index contributed by atoms with van der Waals surface area (Å²) in [4.78, 5) is 0.202. The Labute approximate surface area is 142 Å². The third-order valence-corrected chi connectivity index (χ3v) is 7.55. The number of rotatable bonds is 3. The maximum atomic E-state index is 12.9. The van der Waals surface area contributed by atoms with Gasteiger partial charge < -0.3 is 0 Å². The monoisotopic (exact) mass is 433 g/mol. The van der Waals surface area contributed by atoms with Crippen LogP contribution in [0.5, 0.6) is 0 Å². The van der Waals surface area contributed by atoms with Crippen LogP contribution in [0.2, 0.25) is 0 Å². The zero-order valence-corrected chi connectivity index (χ0v) is 15.5. The predicted octanol–water partition coefficient (Wildman–Crippen LogP) is 4.85. The van der Waals surface area contributed by atoms with Crippen molar-refractivity contribution >= 4 is 41.7 Å². The van der Waals surface area contributed by atoms with Crippen molar-refractivity contribution in [2.24, 2.45) is 5.92 Å². The molecule has 3 nitrogen and oxygen atoms in total. The van der Waals surface area contributed by atoms with Gasteiger partial charge in [-0.15, -0.1) is 0 Å². The lowest BCUT2D eigenvalue weighted by atomic mass is 9.97. The van der Waals surface area contributed by atoms with Gasteiger partial charge in [0.15, 0.2) is 15.1 Å². The molecular weight excluding hydrogens is 418 g/mol. The van der Waals surface area contributed by atoms with Crippen LogP contribution in [0.25, 0.3) is 0 Å². The van der Waals surface area contributed by atoms with E-state index in [0.717, 1.165) is 38.5 Å². The number of halogens is 2. The summed E-state index contributed by atoms with van der Waals surface area (Å²) in [5.74, 6) is -0.0617. The van der Waals surface area contributed by atoms with Gasteiger partial charge in [0.25, 0.3) is 0 Å². The second-order valence-corrected chi connectivity index (χ2v) is 9.23. The lowest BCUT2D eigenvalue weighted by Crippen LogP contribution is -2.29. The van der Waals surface area contributed by atoms with Crippen LogP contribution in [-0.2, 0) is 9.84 Å². The minimum absolute atomic E-state index is 0.0617. The Morgan fingerprint density at radius 3 is 2.33 bits per heavy atom. The fourth-order valence-corrected chi connectivity index (χ4v) is 6.13. The Morgan fingerprint density at radius 1 is 1.14 bits per heavy atom. The first-order chi connectivity index (χ1) is 9.96. The van der Waals surface area contributed by atoms with Gasteiger partial charge in [-0.05, 0) is 52.9 Å². The van der Waals surface area contributed by atoms with Gasteiger partial charge >= 0.3 is 0 Å². The topological polar surface area (TPSA) is 57.9 Å². The molecule has 0 aromatic heterocycles. The van der Waals surface area contributed by atoms with Crippen LogP contribution in [0.4, 0.5) is 0 Å². The van der Waals surface area contributed by atoms with Gasteiger partial charge in [-0.25, -0.2) is 8.42 Å². The number of hydrogen-bond donors (Lipinski definition) is 0. The van der Waals surface area contributed by atoms with Gasteiger partial charge in [0.1, 0.15) is 0 Å². The number of sulfone groups is 1. The molecular formula is C15H17Br2NO2S. The van der Waals surface area contributed by atoms with E-state index in [-0.39, 0.29) is 10.8 Å². The van der Waals surface area contributed by atoms with Crippen LogP contribution in [-0.4, -0.2) is 13.7 Å². The van der Waals surface area contributed by atoms with Crippen LogP contribution >= 0.6 is 31.9 Å². The van der Waals surface area contributed by atoms with Crippen molar-refractivity contribution in [3.05, 3.63) is 27.1 Å². The van der Waals surface area contributed by atoms with Gasteiger partial charge in [-0.3, -0.25) is 0 Å². The van der Waals surface area contributed by atoms with E-state index in [4.69, 9.17) is 0 Å². The standard InChI is InChI=1S/C15H17Br2NO2S/c16-12-7-8-13(17)14(9-12)21(19,20)15(10-18)11-5-3-1-2-4-6-11/h7-9,11,15H,1-6H2. The lowest BCUT2D eigenvalue weighted by Gasteiger charge is -2.21. The van der Waals surface area contributed by atoms with E-state index in [1.165, 1.54) is 0 Å². The van der Waals surface area contributed by atoms with Crippen molar-refractivity contribution in [3.8, 4) is 6.07 Å². The fraction of sp³-hybridized carbons (Fsp3) is 0.533. The molecule has 0 spiro atoms. The molecule has 1 aliphatic rings. The first-order valence-electron chi connectivity index (χ1n) is 7.05. The van der Waals surface area contributed by atoms with E-state index in [0.29, 0.717) is 8.95 Å². The van der Waals surface area contributed by atoms with E-state index in [2.05, 4.69) is 37.9 Å². The van der Waals surface area contributed by atoms with Crippen LogP contribution < -0.4 is 0 Å². The quantitative estimate of drug-likeness (QED) is 0.639. The average Bonchev–Trinajstić information content (AvgIpc) is 2.71. The second-order valence-electron chi connectivity index (χ2n) is 5.42. The van der Waals surface area contributed by atoms with Crippen molar-refractivity contribution in [3.63, 3.8) is 0 Å². The third-order valence-electron chi connectivity index (χ3n) is 3.99. The highest BCUT2D eigenvalue weighted by atomic mass is 79.9. The number of benzene rings is 1. The Balaban J connectivity index is 2.40. The molecule has 1 saturated carbocycles. The first-order valence-corrected chi connectivity index (χ1v) is 10.2. The molecule has 0 heterocycles. The Kier molecular flexibility index (Phi) is 5.87. The Morgan fingerprint density at radius 2 is 1.76 bits per heavy atom. The Hall–Kier alpha value is -0.380. The van der Waals surface area contributed by atoms with Gasteiger partial charge in [-0.2, -0.15) is 5.26 Å². The van der Waals surface area contributed by atoms with Gasteiger partial charge in [-0.1, -0.05) is 41.6 Å². The van der Waals surface area contributed by atoms with Crippen molar-refractivity contribution in [1.82, 2.24) is 0 Å². The van der Waals surface area contributed by atoms with Crippen molar-refractivity contribution in [2.75, 3.05) is 0 Å². The highest BCUT2D eigenvalue weighted by Crippen LogP contribution is 2.35. The van der Waals surface area contributed by atoms with Crippen molar-refractivity contribution in [2.45, 2.75) is 48.7 Å². The first kappa shape index (κ1) is 17.0. The smallest absolute Gasteiger partial charge is 0.196 e. The molecule has 1 aromatic carbocycles. The molecule has 0 radical (unpaired) electrons. The van der Waals surface area contributed by atoms with E-state index in [9.17, 15) is 13.7 Å².